The zero-order valence-corrected chi connectivity index (χ0v) is 15.4. The van der Waals surface area contributed by atoms with Gasteiger partial charge in [-0.05, 0) is 36.2 Å². The molecule has 0 aliphatic heterocycles. The Bertz CT molecular complexity index is 1280. The van der Waals surface area contributed by atoms with Gasteiger partial charge in [0.15, 0.2) is 0 Å². The van der Waals surface area contributed by atoms with Crippen LogP contribution < -0.4 is 10.9 Å². The van der Waals surface area contributed by atoms with Crippen molar-refractivity contribution in [3.05, 3.63) is 87.6 Å². The third-order valence-electron chi connectivity index (χ3n) is 4.63. The first kappa shape index (κ1) is 18.4. The average molecular weight is 392 g/mol. The molecule has 0 saturated heterocycles. The number of carbonyl (C=O) groups is 1. The number of nitrogens with one attached hydrogen (secondary N) is 2. The van der Waals surface area contributed by atoms with E-state index in [0.29, 0.717) is 23.4 Å². The van der Waals surface area contributed by atoms with Crippen LogP contribution in [0.1, 0.15) is 21.5 Å². The van der Waals surface area contributed by atoms with E-state index in [0.717, 1.165) is 5.56 Å². The van der Waals surface area contributed by atoms with E-state index in [4.69, 9.17) is 0 Å². The fraction of sp³-hybridized carbons (Fsp3) is 0.0952. The lowest BCUT2D eigenvalue weighted by molar-refractivity contribution is 0.102. The molecule has 0 saturated carbocycles. The van der Waals surface area contributed by atoms with Crippen LogP contribution >= 0.6 is 0 Å². The largest absolute Gasteiger partial charge is 0.506 e. The van der Waals surface area contributed by atoms with E-state index in [1.165, 1.54) is 29.1 Å². The number of H-pyrrole nitrogens is 1. The number of fused-ring (bicyclic) bond motifs is 1. The Hall–Kier alpha value is -3.94. The number of hydrogen-bond donors (Lipinski definition) is 3. The summed E-state index contributed by atoms with van der Waals surface area (Å²) in [6, 6.07) is 13.4. The fourth-order valence-corrected chi connectivity index (χ4v) is 3.14. The molecule has 2 heterocycles. The molecule has 0 spiro atoms. The van der Waals surface area contributed by atoms with Gasteiger partial charge < -0.3 is 15.4 Å². The number of aromatic nitrogens is 3. The van der Waals surface area contributed by atoms with Gasteiger partial charge in [0.1, 0.15) is 22.8 Å². The summed E-state index contributed by atoms with van der Waals surface area (Å²) in [5.41, 5.74) is 0.931. The molecule has 29 heavy (non-hydrogen) atoms. The Morgan fingerprint density at radius 2 is 2.00 bits per heavy atom. The summed E-state index contributed by atoms with van der Waals surface area (Å²) < 4.78 is 14.8. The molecule has 3 N–H and O–H groups in total. The number of aromatic amines is 1. The van der Waals surface area contributed by atoms with Gasteiger partial charge >= 0.3 is 0 Å². The standard InChI is InChI=1S/C21H17FN4O3/c1-12-9-14(22)7-8-16(12)24-20(28)17-18(27)15-10-23-26(19(15)25-21(17)29)11-13-5-3-2-4-6-13/h2-10H,11H2,1H3,(H,24,28)(H2,25,27,29). The van der Waals surface area contributed by atoms with Gasteiger partial charge in [-0.3, -0.25) is 9.59 Å². The van der Waals surface area contributed by atoms with E-state index >= 15 is 0 Å². The second-order valence-corrected chi connectivity index (χ2v) is 6.64. The van der Waals surface area contributed by atoms with Crippen LogP contribution in [-0.4, -0.2) is 25.8 Å². The molecule has 0 bridgehead atoms. The third kappa shape index (κ3) is 3.47. The number of halogens is 1. The molecule has 0 atom stereocenters. The third-order valence-corrected chi connectivity index (χ3v) is 4.63. The summed E-state index contributed by atoms with van der Waals surface area (Å²) >= 11 is 0. The highest BCUT2D eigenvalue weighted by Gasteiger charge is 2.22. The second-order valence-electron chi connectivity index (χ2n) is 6.64. The number of pyridine rings is 1. The summed E-state index contributed by atoms with van der Waals surface area (Å²) in [6.07, 6.45) is 1.39. The van der Waals surface area contributed by atoms with Crippen molar-refractivity contribution >= 4 is 22.6 Å². The number of hydrogen-bond acceptors (Lipinski definition) is 4. The molecule has 0 unspecified atom stereocenters. The van der Waals surface area contributed by atoms with Gasteiger partial charge in [-0.2, -0.15) is 5.10 Å². The molecule has 0 aliphatic rings. The van der Waals surface area contributed by atoms with Crippen LogP contribution in [0.4, 0.5) is 10.1 Å². The van der Waals surface area contributed by atoms with Crippen molar-refractivity contribution < 1.29 is 14.3 Å². The van der Waals surface area contributed by atoms with E-state index in [1.54, 1.807) is 6.92 Å². The second kappa shape index (κ2) is 7.23. The van der Waals surface area contributed by atoms with Gasteiger partial charge in [0, 0.05) is 5.69 Å². The number of nitrogens with zero attached hydrogens (tertiary/aromatic N) is 2. The Morgan fingerprint density at radius 1 is 1.24 bits per heavy atom. The first-order chi connectivity index (χ1) is 13.9. The lowest BCUT2D eigenvalue weighted by Crippen LogP contribution is -2.24. The van der Waals surface area contributed by atoms with Crippen LogP contribution in [0.3, 0.4) is 0 Å². The molecule has 8 heteroatoms. The molecule has 7 nitrogen and oxygen atoms in total. The lowest BCUT2D eigenvalue weighted by Gasteiger charge is -2.10. The molecule has 0 radical (unpaired) electrons. The van der Waals surface area contributed by atoms with Gasteiger partial charge in [0.05, 0.1) is 18.1 Å². The monoisotopic (exact) mass is 392 g/mol. The molecule has 1 amide bonds. The number of amides is 1. The first-order valence-electron chi connectivity index (χ1n) is 8.86. The molecule has 0 fully saturated rings. The Morgan fingerprint density at radius 3 is 2.72 bits per heavy atom. The van der Waals surface area contributed by atoms with E-state index in [9.17, 15) is 19.1 Å². The van der Waals surface area contributed by atoms with Crippen molar-refractivity contribution in [1.29, 1.82) is 0 Å². The average Bonchev–Trinajstić information content (AvgIpc) is 3.07. The van der Waals surface area contributed by atoms with Crippen molar-refractivity contribution in [2.24, 2.45) is 0 Å². The van der Waals surface area contributed by atoms with Crippen LogP contribution in [0.25, 0.3) is 11.0 Å². The molecule has 4 aromatic rings. The van der Waals surface area contributed by atoms with Crippen LogP contribution in [0.5, 0.6) is 5.75 Å². The van der Waals surface area contributed by atoms with E-state index in [1.807, 2.05) is 30.3 Å². The SMILES string of the molecule is Cc1cc(F)ccc1NC(=O)c1c(O)c2cnn(Cc3ccccc3)c2[nH]c1=O. The minimum absolute atomic E-state index is 0.251. The Labute approximate surface area is 164 Å². The van der Waals surface area contributed by atoms with Crippen molar-refractivity contribution in [3.8, 4) is 5.75 Å². The zero-order valence-electron chi connectivity index (χ0n) is 15.4. The minimum Gasteiger partial charge on any atom is -0.506 e. The van der Waals surface area contributed by atoms with Crippen molar-refractivity contribution in [2.45, 2.75) is 13.5 Å². The maximum Gasteiger partial charge on any atom is 0.266 e. The van der Waals surface area contributed by atoms with Gasteiger partial charge in [0.25, 0.3) is 11.5 Å². The smallest absolute Gasteiger partial charge is 0.266 e. The van der Waals surface area contributed by atoms with E-state index in [-0.39, 0.29) is 5.39 Å². The van der Waals surface area contributed by atoms with Gasteiger partial charge in [0.2, 0.25) is 0 Å². The van der Waals surface area contributed by atoms with E-state index in [2.05, 4.69) is 15.4 Å². The van der Waals surface area contributed by atoms with Crippen LogP contribution in [0.2, 0.25) is 0 Å². The van der Waals surface area contributed by atoms with E-state index < -0.39 is 28.6 Å². The highest BCUT2D eigenvalue weighted by Crippen LogP contribution is 2.26. The Kier molecular flexibility index (Phi) is 4.59. The number of aryl methyl sites for hydroxylation is 1. The molecule has 0 aliphatic carbocycles. The molecular formula is C21H17FN4O3. The summed E-state index contributed by atoms with van der Waals surface area (Å²) in [6.45, 7) is 2.01. The van der Waals surface area contributed by atoms with Crippen molar-refractivity contribution in [3.63, 3.8) is 0 Å². The van der Waals surface area contributed by atoms with Crippen molar-refractivity contribution in [1.82, 2.24) is 14.8 Å². The van der Waals surface area contributed by atoms with Gasteiger partial charge in [-0.1, -0.05) is 30.3 Å². The van der Waals surface area contributed by atoms with Crippen LogP contribution in [0.15, 0.2) is 59.5 Å². The topological polar surface area (TPSA) is 100 Å². The van der Waals surface area contributed by atoms with Crippen LogP contribution in [-0.2, 0) is 6.54 Å². The summed E-state index contributed by atoms with van der Waals surface area (Å²) in [4.78, 5) is 27.8. The maximum absolute atomic E-state index is 13.3. The summed E-state index contributed by atoms with van der Waals surface area (Å²) in [5, 5.41) is 17.6. The lowest BCUT2D eigenvalue weighted by atomic mass is 10.1. The number of carbonyl (C=O) groups excluding carboxylic acids is 1. The number of anilines is 1. The summed E-state index contributed by atoms with van der Waals surface area (Å²) in [7, 11) is 0. The predicted molar refractivity (Wildman–Crippen MR) is 107 cm³/mol. The normalized spacial score (nSPS) is 11.0. The maximum atomic E-state index is 13.3. The van der Waals surface area contributed by atoms with Gasteiger partial charge in [-0.25, -0.2) is 9.07 Å². The quantitative estimate of drug-likeness (QED) is 0.497. The first-order valence-corrected chi connectivity index (χ1v) is 8.86. The Balaban J connectivity index is 1.71. The minimum atomic E-state index is -0.795. The number of aromatic hydroxyl groups is 1. The fourth-order valence-electron chi connectivity index (χ4n) is 3.14. The van der Waals surface area contributed by atoms with Crippen molar-refractivity contribution in [2.75, 3.05) is 5.32 Å². The highest BCUT2D eigenvalue weighted by atomic mass is 19.1. The molecule has 2 aromatic heterocycles. The number of rotatable bonds is 4. The molecule has 146 valence electrons. The zero-order chi connectivity index (χ0) is 20.5. The number of benzene rings is 2. The molecule has 4 rings (SSSR count). The highest BCUT2D eigenvalue weighted by molar-refractivity contribution is 6.08. The summed E-state index contributed by atoms with van der Waals surface area (Å²) in [5.74, 6) is -1.69. The molecule has 2 aromatic carbocycles. The predicted octanol–water partition coefficient (Wildman–Crippen LogP) is 3.18. The van der Waals surface area contributed by atoms with Gasteiger partial charge in [-0.15, -0.1) is 0 Å². The molecular weight excluding hydrogens is 375 g/mol. The van der Waals surface area contributed by atoms with Crippen LogP contribution in [0, 0.1) is 12.7 Å².